The predicted molar refractivity (Wildman–Crippen MR) is 134 cm³/mol. The Morgan fingerprint density at radius 2 is 1.45 bits per heavy atom. The molecule has 0 saturated heterocycles. The molecule has 0 bridgehead atoms. The molecule has 1 nitrogen and oxygen atoms in total. The highest BCUT2D eigenvalue weighted by molar-refractivity contribution is 5.75. The van der Waals surface area contributed by atoms with E-state index in [0.29, 0.717) is 17.8 Å². The second kappa shape index (κ2) is 8.83. The van der Waals surface area contributed by atoms with Crippen LogP contribution in [-0.4, -0.2) is 4.98 Å². The van der Waals surface area contributed by atoms with Gasteiger partial charge in [0.05, 0.1) is 5.69 Å². The molecule has 1 aromatic heterocycles. The van der Waals surface area contributed by atoms with Gasteiger partial charge in [0, 0.05) is 17.7 Å². The Bertz CT molecular complexity index is 1090. The maximum atomic E-state index is 5.20. The molecule has 0 radical (unpaired) electrons. The predicted octanol–water partition coefficient (Wildman–Crippen LogP) is 8.30. The second-order valence-electron chi connectivity index (χ2n) is 9.82. The van der Waals surface area contributed by atoms with Crippen LogP contribution in [0.25, 0.3) is 16.8 Å². The number of allylic oxidation sites excluding steroid dienone is 2. The average Bonchev–Trinajstić information content (AvgIpc) is 3.15. The summed E-state index contributed by atoms with van der Waals surface area (Å²) in [4.78, 5) is 5.20. The summed E-state index contributed by atoms with van der Waals surface area (Å²) in [5, 5.41) is 0. The lowest BCUT2D eigenvalue weighted by atomic mass is 9.83. The van der Waals surface area contributed by atoms with Crippen LogP contribution < -0.4 is 0 Å². The molecule has 1 aliphatic rings. The Morgan fingerprint density at radius 1 is 0.774 bits per heavy atom. The smallest absolute Gasteiger partial charge is 0.0711 e. The molecule has 4 rings (SSSR count). The quantitative estimate of drug-likeness (QED) is 0.399. The number of hydrogen-bond acceptors (Lipinski definition) is 1. The van der Waals surface area contributed by atoms with Crippen LogP contribution in [0.15, 0.2) is 60.7 Å². The highest BCUT2D eigenvalue weighted by Gasteiger charge is 2.20. The third kappa shape index (κ3) is 4.37. The van der Waals surface area contributed by atoms with Crippen molar-refractivity contribution in [2.75, 3.05) is 0 Å². The van der Waals surface area contributed by atoms with Gasteiger partial charge in [-0.25, -0.2) is 0 Å². The summed E-state index contributed by atoms with van der Waals surface area (Å²) in [6.07, 6.45) is 4.30. The summed E-state index contributed by atoms with van der Waals surface area (Å²) in [5.74, 6) is 1.44. The van der Waals surface area contributed by atoms with E-state index in [-0.39, 0.29) is 0 Å². The van der Waals surface area contributed by atoms with E-state index < -0.39 is 0 Å². The zero-order valence-corrected chi connectivity index (χ0v) is 19.9. The van der Waals surface area contributed by atoms with Gasteiger partial charge in [0.1, 0.15) is 0 Å². The lowest BCUT2D eigenvalue weighted by Crippen LogP contribution is -2.05. The van der Waals surface area contributed by atoms with Gasteiger partial charge in [0.2, 0.25) is 0 Å². The third-order valence-electron chi connectivity index (χ3n) is 6.50. The summed E-state index contributed by atoms with van der Waals surface area (Å²) in [6, 6.07) is 20.2. The second-order valence-corrected chi connectivity index (χ2v) is 9.82. The number of aromatic nitrogens is 1. The SMILES string of the molecule is CC(C)c1cc(C(C)C)c(-c2cccc(CC3=CCc4ccccc43)n2)c(C(C)C)c1. The fourth-order valence-electron chi connectivity index (χ4n) is 4.69. The Kier molecular flexibility index (Phi) is 6.14. The first-order chi connectivity index (χ1) is 14.8. The molecule has 0 saturated carbocycles. The van der Waals surface area contributed by atoms with Crippen molar-refractivity contribution in [1.82, 2.24) is 4.98 Å². The van der Waals surface area contributed by atoms with Crippen molar-refractivity contribution >= 4 is 5.57 Å². The van der Waals surface area contributed by atoms with Crippen LogP contribution in [0.3, 0.4) is 0 Å². The van der Waals surface area contributed by atoms with E-state index in [1.165, 1.54) is 39.0 Å². The lowest BCUT2D eigenvalue weighted by Gasteiger charge is -2.23. The monoisotopic (exact) mass is 409 g/mol. The van der Waals surface area contributed by atoms with Gasteiger partial charge < -0.3 is 0 Å². The third-order valence-corrected chi connectivity index (χ3v) is 6.50. The van der Waals surface area contributed by atoms with Gasteiger partial charge in [-0.05, 0) is 69.7 Å². The highest BCUT2D eigenvalue weighted by Crippen LogP contribution is 2.38. The van der Waals surface area contributed by atoms with Crippen molar-refractivity contribution in [2.24, 2.45) is 0 Å². The first-order valence-corrected chi connectivity index (χ1v) is 11.8. The largest absolute Gasteiger partial charge is 0.252 e. The summed E-state index contributed by atoms with van der Waals surface area (Å²) in [5.41, 5.74) is 12.1. The van der Waals surface area contributed by atoms with Gasteiger partial charge >= 0.3 is 0 Å². The number of pyridine rings is 1. The number of hydrogen-bond donors (Lipinski definition) is 0. The molecule has 0 aliphatic heterocycles. The summed E-state index contributed by atoms with van der Waals surface area (Å²) in [6.45, 7) is 13.8. The molecular weight excluding hydrogens is 374 g/mol. The first-order valence-electron chi connectivity index (χ1n) is 11.8. The molecule has 160 valence electrons. The molecular formula is C30H35N. The molecule has 2 aromatic carbocycles. The van der Waals surface area contributed by atoms with E-state index in [4.69, 9.17) is 4.98 Å². The minimum absolute atomic E-state index is 0.459. The molecule has 0 N–H and O–H groups in total. The van der Waals surface area contributed by atoms with Crippen LogP contribution in [0, 0.1) is 0 Å². The molecule has 3 aromatic rings. The molecule has 0 unspecified atom stereocenters. The van der Waals surface area contributed by atoms with E-state index in [1.54, 1.807) is 0 Å². The number of benzene rings is 2. The van der Waals surface area contributed by atoms with E-state index in [9.17, 15) is 0 Å². The van der Waals surface area contributed by atoms with Gasteiger partial charge in [0.15, 0.2) is 0 Å². The Balaban J connectivity index is 1.77. The summed E-state index contributed by atoms with van der Waals surface area (Å²) < 4.78 is 0. The van der Waals surface area contributed by atoms with Crippen LogP contribution in [-0.2, 0) is 12.8 Å². The molecule has 31 heavy (non-hydrogen) atoms. The van der Waals surface area contributed by atoms with Crippen molar-refractivity contribution in [3.8, 4) is 11.3 Å². The maximum absolute atomic E-state index is 5.20. The molecule has 1 heterocycles. The molecule has 1 aliphatic carbocycles. The van der Waals surface area contributed by atoms with Gasteiger partial charge in [0.25, 0.3) is 0 Å². The Labute approximate surface area is 188 Å². The molecule has 0 spiro atoms. The van der Waals surface area contributed by atoms with Gasteiger partial charge in [-0.1, -0.05) is 90.1 Å². The van der Waals surface area contributed by atoms with Crippen LogP contribution in [0.5, 0.6) is 0 Å². The van der Waals surface area contributed by atoms with E-state index in [2.05, 4.69) is 102 Å². The molecule has 0 atom stereocenters. The number of fused-ring (bicyclic) bond motifs is 1. The summed E-state index contributed by atoms with van der Waals surface area (Å²) in [7, 11) is 0. The van der Waals surface area contributed by atoms with Crippen molar-refractivity contribution in [3.05, 3.63) is 94.2 Å². The fourth-order valence-corrected chi connectivity index (χ4v) is 4.69. The van der Waals surface area contributed by atoms with Crippen molar-refractivity contribution in [3.63, 3.8) is 0 Å². The van der Waals surface area contributed by atoms with Gasteiger partial charge in [-0.3, -0.25) is 4.98 Å². The standard InChI is InChI=1S/C30H35N/c1-19(2)24-17-27(20(3)4)30(28(18-24)21(5)6)29-13-9-11-25(31-29)16-23-15-14-22-10-7-8-12-26(22)23/h7-13,15,17-21H,14,16H2,1-6H3. The van der Waals surface area contributed by atoms with E-state index in [0.717, 1.165) is 24.2 Å². The average molecular weight is 410 g/mol. The van der Waals surface area contributed by atoms with Crippen LogP contribution in [0.4, 0.5) is 0 Å². The van der Waals surface area contributed by atoms with Gasteiger partial charge in [-0.15, -0.1) is 0 Å². The maximum Gasteiger partial charge on any atom is 0.0711 e. The van der Waals surface area contributed by atoms with Crippen LogP contribution >= 0.6 is 0 Å². The first kappa shape index (κ1) is 21.6. The van der Waals surface area contributed by atoms with Crippen molar-refractivity contribution in [2.45, 2.75) is 72.1 Å². The Hall–Kier alpha value is -2.67. The van der Waals surface area contributed by atoms with E-state index >= 15 is 0 Å². The molecule has 1 heteroatoms. The topological polar surface area (TPSA) is 12.9 Å². The highest BCUT2D eigenvalue weighted by atomic mass is 14.7. The van der Waals surface area contributed by atoms with Gasteiger partial charge in [-0.2, -0.15) is 0 Å². The normalized spacial score (nSPS) is 13.3. The lowest BCUT2D eigenvalue weighted by molar-refractivity contribution is 0.806. The minimum atomic E-state index is 0.459. The van der Waals surface area contributed by atoms with Crippen LogP contribution in [0.2, 0.25) is 0 Å². The minimum Gasteiger partial charge on any atom is -0.252 e. The van der Waals surface area contributed by atoms with Crippen molar-refractivity contribution < 1.29 is 0 Å². The fraction of sp³-hybridized carbons (Fsp3) is 0.367. The van der Waals surface area contributed by atoms with Crippen LogP contribution in [0.1, 0.15) is 92.8 Å². The Morgan fingerprint density at radius 3 is 2.10 bits per heavy atom. The number of nitrogens with zero attached hydrogens (tertiary/aromatic N) is 1. The summed E-state index contributed by atoms with van der Waals surface area (Å²) >= 11 is 0. The molecule has 0 fully saturated rings. The number of rotatable bonds is 6. The zero-order valence-electron chi connectivity index (χ0n) is 19.9. The zero-order chi connectivity index (χ0) is 22.1. The molecule has 0 amide bonds. The van der Waals surface area contributed by atoms with Crippen molar-refractivity contribution in [1.29, 1.82) is 0 Å². The van der Waals surface area contributed by atoms with E-state index in [1.807, 2.05) is 0 Å².